The Morgan fingerprint density at radius 3 is 2.63 bits per heavy atom. The molecule has 0 radical (unpaired) electrons. The van der Waals surface area contributed by atoms with E-state index >= 15 is 0 Å². The lowest BCUT2D eigenvalue weighted by molar-refractivity contribution is -0.121. The predicted octanol–water partition coefficient (Wildman–Crippen LogP) is 2.96. The maximum absolute atomic E-state index is 12.9. The first-order valence-electron chi connectivity index (χ1n) is 9.01. The monoisotopic (exact) mass is 384 g/mol. The fourth-order valence-corrected chi connectivity index (χ4v) is 3.85. The van der Waals surface area contributed by atoms with Gasteiger partial charge in [-0.2, -0.15) is 0 Å². The Morgan fingerprint density at radius 1 is 1.22 bits per heavy atom. The minimum Gasteiger partial charge on any atom is -0.396 e. The molecule has 1 aliphatic heterocycles. The minimum absolute atomic E-state index is 0.0674. The van der Waals surface area contributed by atoms with Gasteiger partial charge in [0, 0.05) is 34.5 Å². The van der Waals surface area contributed by atoms with Crippen LogP contribution in [0.25, 0.3) is 0 Å². The van der Waals surface area contributed by atoms with Gasteiger partial charge in [-0.3, -0.25) is 9.59 Å². The van der Waals surface area contributed by atoms with Crippen molar-refractivity contribution in [3.8, 4) is 0 Å². The topological polar surface area (TPSA) is 60.9 Å². The summed E-state index contributed by atoms with van der Waals surface area (Å²) in [4.78, 5) is 30.0. The van der Waals surface area contributed by atoms with Crippen LogP contribution in [-0.2, 0) is 4.79 Å². The second kappa shape index (κ2) is 8.59. The van der Waals surface area contributed by atoms with Crippen molar-refractivity contribution in [1.29, 1.82) is 0 Å². The normalized spacial score (nSPS) is 17.3. The van der Waals surface area contributed by atoms with Crippen LogP contribution in [-0.4, -0.2) is 53.3 Å². The summed E-state index contributed by atoms with van der Waals surface area (Å²) in [6.07, 6.45) is 0. The lowest BCUT2D eigenvalue weighted by atomic mass is 10.1. The molecule has 1 unspecified atom stereocenters. The van der Waals surface area contributed by atoms with Crippen LogP contribution in [0.2, 0.25) is 0 Å². The molecular weight excluding hydrogens is 360 g/mol. The Kier molecular flexibility index (Phi) is 6.19. The summed E-state index contributed by atoms with van der Waals surface area (Å²) < 4.78 is 0. The molecule has 142 valence electrons. The highest BCUT2D eigenvalue weighted by Gasteiger charge is 2.33. The summed E-state index contributed by atoms with van der Waals surface area (Å²) in [5, 5.41) is 8.90. The number of anilines is 1. The minimum atomic E-state index is -0.126. The smallest absolute Gasteiger partial charge is 0.254 e. The van der Waals surface area contributed by atoms with E-state index in [2.05, 4.69) is 0 Å². The molecule has 0 saturated carbocycles. The number of amides is 2. The summed E-state index contributed by atoms with van der Waals surface area (Å²) in [7, 11) is 0. The zero-order valence-electron chi connectivity index (χ0n) is 15.6. The number of benzene rings is 2. The van der Waals surface area contributed by atoms with Gasteiger partial charge >= 0.3 is 0 Å². The molecule has 1 saturated heterocycles. The number of hydrogen-bond donors (Lipinski definition) is 1. The Balaban J connectivity index is 1.71. The van der Waals surface area contributed by atoms with Gasteiger partial charge in [0.25, 0.3) is 5.91 Å². The van der Waals surface area contributed by atoms with Crippen molar-refractivity contribution >= 4 is 29.3 Å². The zero-order valence-corrected chi connectivity index (χ0v) is 16.4. The van der Waals surface area contributed by atoms with E-state index in [1.165, 1.54) is 0 Å². The third kappa shape index (κ3) is 4.51. The number of aliphatic hydroxyl groups excluding tert-OH is 1. The maximum Gasteiger partial charge on any atom is 0.254 e. The van der Waals surface area contributed by atoms with Crippen molar-refractivity contribution in [2.24, 2.45) is 0 Å². The van der Waals surface area contributed by atoms with Crippen LogP contribution in [0.3, 0.4) is 0 Å². The number of nitrogens with zero attached hydrogens (tertiary/aromatic N) is 2. The largest absolute Gasteiger partial charge is 0.396 e. The molecule has 27 heavy (non-hydrogen) atoms. The van der Waals surface area contributed by atoms with Gasteiger partial charge < -0.3 is 14.9 Å². The van der Waals surface area contributed by atoms with Crippen molar-refractivity contribution in [2.45, 2.75) is 24.8 Å². The van der Waals surface area contributed by atoms with Crippen molar-refractivity contribution < 1.29 is 14.7 Å². The summed E-state index contributed by atoms with van der Waals surface area (Å²) in [6, 6.07) is 15.1. The van der Waals surface area contributed by atoms with E-state index in [0.29, 0.717) is 17.9 Å². The third-order valence-corrected chi connectivity index (χ3v) is 5.61. The van der Waals surface area contributed by atoms with Gasteiger partial charge in [0.1, 0.15) is 6.54 Å². The Morgan fingerprint density at radius 2 is 1.96 bits per heavy atom. The van der Waals surface area contributed by atoms with Crippen LogP contribution in [0.15, 0.2) is 53.4 Å². The molecule has 1 heterocycles. The molecule has 0 aliphatic carbocycles. The quantitative estimate of drug-likeness (QED) is 0.805. The second-order valence-corrected chi connectivity index (χ2v) is 7.89. The number of thioether (sulfide) groups is 1. The lowest BCUT2D eigenvalue weighted by Crippen LogP contribution is -2.57. The fourth-order valence-electron chi connectivity index (χ4n) is 3.19. The Labute approximate surface area is 164 Å². The average Bonchev–Trinajstić information content (AvgIpc) is 2.67. The van der Waals surface area contributed by atoms with Crippen LogP contribution in [0.1, 0.15) is 22.8 Å². The van der Waals surface area contributed by atoms with Crippen LogP contribution >= 0.6 is 11.8 Å². The summed E-state index contributed by atoms with van der Waals surface area (Å²) >= 11 is 1.54. The summed E-state index contributed by atoms with van der Waals surface area (Å²) in [6.45, 7) is 4.65. The van der Waals surface area contributed by atoms with Gasteiger partial charge in [0.2, 0.25) is 5.91 Å². The highest BCUT2D eigenvalue weighted by atomic mass is 32.2. The molecule has 1 atom stereocenters. The van der Waals surface area contributed by atoms with Crippen molar-refractivity contribution in [2.75, 3.05) is 30.3 Å². The van der Waals surface area contributed by atoms with Crippen molar-refractivity contribution in [3.63, 3.8) is 0 Å². The Hall–Kier alpha value is -2.31. The average molecular weight is 385 g/mol. The number of aryl methyl sites for hydroxylation is 1. The fraction of sp³-hybridized carbons (Fsp3) is 0.333. The number of carbonyl (C=O) groups excluding carboxylic acids is 2. The molecule has 0 bridgehead atoms. The first-order valence-corrected chi connectivity index (χ1v) is 10.00. The number of piperazine rings is 1. The van der Waals surface area contributed by atoms with Gasteiger partial charge in [-0.1, -0.05) is 12.1 Å². The molecule has 2 amide bonds. The predicted molar refractivity (Wildman–Crippen MR) is 108 cm³/mol. The molecule has 6 heteroatoms. The highest BCUT2D eigenvalue weighted by Crippen LogP contribution is 2.23. The first kappa shape index (κ1) is 19.5. The van der Waals surface area contributed by atoms with Gasteiger partial charge in [-0.05, 0) is 55.8 Å². The van der Waals surface area contributed by atoms with Gasteiger partial charge in [-0.15, -0.1) is 11.8 Å². The third-order valence-electron chi connectivity index (χ3n) is 4.62. The summed E-state index contributed by atoms with van der Waals surface area (Å²) in [5.74, 6) is 0.431. The van der Waals surface area contributed by atoms with Crippen LogP contribution in [0.4, 0.5) is 5.69 Å². The molecule has 2 aromatic rings. The van der Waals surface area contributed by atoms with Crippen molar-refractivity contribution in [1.82, 2.24) is 4.90 Å². The number of hydrogen-bond acceptors (Lipinski definition) is 4. The van der Waals surface area contributed by atoms with Gasteiger partial charge in [-0.25, -0.2) is 0 Å². The molecule has 0 spiro atoms. The van der Waals surface area contributed by atoms with Gasteiger partial charge in [0.05, 0.1) is 6.61 Å². The zero-order chi connectivity index (χ0) is 19.4. The van der Waals surface area contributed by atoms with E-state index in [9.17, 15) is 9.59 Å². The molecule has 1 fully saturated rings. The van der Waals surface area contributed by atoms with Crippen molar-refractivity contribution in [3.05, 3.63) is 59.7 Å². The van der Waals surface area contributed by atoms with E-state index in [4.69, 9.17) is 5.11 Å². The van der Waals surface area contributed by atoms with Crippen LogP contribution < -0.4 is 4.90 Å². The number of aliphatic hydroxyl groups is 1. The number of carbonyl (C=O) groups is 2. The molecule has 2 aromatic carbocycles. The molecular formula is C21H24N2O3S. The lowest BCUT2D eigenvalue weighted by Gasteiger charge is -2.39. The van der Waals surface area contributed by atoms with E-state index in [0.717, 1.165) is 16.1 Å². The van der Waals surface area contributed by atoms with Crippen LogP contribution in [0.5, 0.6) is 0 Å². The molecule has 5 nitrogen and oxygen atoms in total. The van der Waals surface area contributed by atoms with E-state index in [-0.39, 0.29) is 31.0 Å². The summed E-state index contributed by atoms with van der Waals surface area (Å²) in [5.41, 5.74) is 2.56. The molecule has 1 aliphatic rings. The molecule has 0 aromatic heterocycles. The first-order chi connectivity index (χ1) is 13.0. The SMILES string of the molecule is Cc1cccc(N2CC(C)N(C(=O)c3ccc(SCCO)cc3)CC2=O)c1. The van der Waals surface area contributed by atoms with E-state index in [1.807, 2.05) is 50.2 Å². The highest BCUT2D eigenvalue weighted by molar-refractivity contribution is 7.99. The molecule has 3 rings (SSSR count). The van der Waals surface area contributed by atoms with E-state index < -0.39 is 0 Å². The Bertz CT molecular complexity index is 822. The second-order valence-electron chi connectivity index (χ2n) is 6.72. The van der Waals surface area contributed by atoms with E-state index in [1.54, 1.807) is 33.7 Å². The standard InChI is InChI=1S/C21H24N2O3S/c1-15-4-3-5-18(12-15)23-13-16(2)22(14-20(23)25)21(26)17-6-8-19(9-7-17)27-11-10-24/h3-9,12,16,24H,10-11,13-14H2,1-2H3. The van der Waals surface area contributed by atoms with Gasteiger partial charge in [0.15, 0.2) is 0 Å². The van der Waals surface area contributed by atoms with Crippen LogP contribution in [0, 0.1) is 6.92 Å². The molecule has 1 N–H and O–H groups in total. The maximum atomic E-state index is 12.9. The number of rotatable bonds is 5.